The van der Waals surface area contributed by atoms with Gasteiger partial charge in [0, 0.05) is 17.1 Å². The van der Waals surface area contributed by atoms with Crippen LogP contribution in [0.15, 0.2) is 46.1 Å². The molecule has 0 spiro atoms. The van der Waals surface area contributed by atoms with Crippen molar-refractivity contribution in [2.45, 2.75) is 31.6 Å². The van der Waals surface area contributed by atoms with Gasteiger partial charge in [0.05, 0.1) is 15.7 Å². The van der Waals surface area contributed by atoms with Crippen LogP contribution in [0.25, 0.3) is 16.6 Å². The van der Waals surface area contributed by atoms with Crippen LogP contribution in [0.5, 0.6) is 11.5 Å². The van der Waals surface area contributed by atoms with Gasteiger partial charge in [-0.3, -0.25) is 9.78 Å². The molecule has 5 rings (SSSR count). The number of hydrogen-bond donors (Lipinski definition) is 2. The molecule has 1 aliphatic rings. The van der Waals surface area contributed by atoms with Crippen molar-refractivity contribution >= 4 is 34.1 Å². The molecule has 0 aliphatic heterocycles. The molecule has 0 saturated heterocycles. The lowest BCUT2D eigenvalue weighted by atomic mass is 9.97. The van der Waals surface area contributed by atoms with Crippen LogP contribution in [-0.4, -0.2) is 19.7 Å². The van der Waals surface area contributed by atoms with Crippen molar-refractivity contribution in [3.05, 3.63) is 78.7 Å². The number of benzene rings is 2. The van der Waals surface area contributed by atoms with Crippen LogP contribution in [0.4, 0.5) is 0 Å². The lowest BCUT2D eigenvalue weighted by Crippen LogP contribution is -2.33. The molecule has 0 unspecified atom stereocenters. The Balaban J connectivity index is 1.51. The maximum Gasteiger partial charge on any atom is 0.349 e. The zero-order chi connectivity index (χ0) is 23.1. The Hall–Kier alpha value is -3.54. The van der Waals surface area contributed by atoms with Crippen molar-refractivity contribution in [1.29, 1.82) is 5.26 Å². The predicted molar refractivity (Wildman–Crippen MR) is 125 cm³/mol. The van der Waals surface area contributed by atoms with Gasteiger partial charge in [0.25, 0.3) is 5.56 Å². The van der Waals surface area contributed by atoms with Crippen LogP contribution in [-0.2, 0) is 0 Å². The fourth-order valence-electron chi connectivity index (χ4n) is 4.29. The highest BCUT2D eigenvalue weighted by Crippen LogP contribution is 2.41. The van der Waals surface area contributed by atoms with Gasteiger partial charge < -0.3 is 9.72 Å². The molecule has 0 atom stereocenters. The Bertz CT molecular complexity index is 1520. The lowest BCUT2D eigenvalue weighted by molar-refractivity contribution is 0.483. The van der Waals surface area contributed by atoms with Crippen LogP contribution >= 0.6 is 23.2 Å². The molecule has 2 N–H and O–H groups in total. The van der Waals surface area contributed by atoms with Gasteiger partial charge in [-0.1, -0.05) is 36.0 Å². The first-order valence-corrected chi connectivity index (χ1v) is 11.1. The zero-order valence-electron chi connectivity index (χ0n) is 17.2. The topological polar surface area (TPSA) is 117 Å². The highest BCUT2D eigenvalue weighted by Gasteiger charge is 2.21. The van der Waals surface area contributed by atoms with Gasteiger partial charge in [-0.15, -0.1) is 5.10 Å². The molecule has 8 nitrogen and oxygen atoms in total. The molecule has 1 aliphatic carbocycles. The van der Waals surface area contributed by atoms with E-state index in [1.807, 2.05) is 23.2 Å². The number of halogens is 2. The third-order valence-electron chi connectivity index (χ3n) is 5.86. The van der Waals surface area contributed by atoms with Crippen molar-refractivity contribution in [1.82, 2.24) is 19.7 Å². The minimum absolute atomic E-state index is 0.140. The lowest BCUT2D eigenvalue weighted by Gasteiger charge is -2.13. The zero-order valence-corrected chi connectivity index (χ0v) is 18.7. The van der Waals surface area contributed by atoms with Crippen LogP contribution in [0.2, 0.25) is 10.0 Å². The van der Waals surface area contributed by atoms with Gasteiger partial charge in [-0.2, -0.15) is 9.94 Å². The molecular formula is C23H17Cl2N5O3. The van der Waals surface area contributed by atoms with Gasteiger partial charge in [0.2, 0.25) is 5.69 Å². The maximum absolute atomic E-state index is 12.2. The van der Waals surface area contributed by atoms with Crippen molar-refractivity contribution in [3.8, 4) is 23.3 Å². The molecule has 4 aromatic rings. The number of hydrogen-bond acceptors (Lipinski definition) is 5. The van der Waals surface area contributed by atoms with Crippen LogP contribution < -0.4 is 16.0 Å². The number of nitrogens with one attached hydrogen (secondary N) is 2. The summed E-state index contributed by atoms with van der Waals surface area (Å²) in [4.78, 5) is 29.1. The highest BCUT2D eigenvalue weighted by molar-refractivity contribution is 6.37. The van der Waals surface area contributed by atoms with Gasteiger partial charge in [0.15, 0.2) is 5.75 Å². The summed E-state index contributed by atoms with van der Waals surface area (Å²) < 4.78 is 6.87. The molecule has 1 saturated carbocycles. The largest absolute Gasteiger partial charge is 0.454 e. The molecule has 2 heterocycles. The number of H-pyrrole nitrogens is 2. The average Bonchev–Trinajstić information content (AvgIpc) is 3.45. The molecule has 33 heavy (non-hydrogen) atoms. The summed E-state index contributed by atoms with van der Waals surface area (Å²) in [7, 11) is 0. The van der Waals surface area contributed by atoms with E-state index < -0.39 is 16.9 Å². The molecule has 2 aromatic carbocycles. The number of nitriles is 1. The number of rotatable bonds is 4. The fourth-order valence-corrected chi connectivity index (χ4v) is 4.84. The standard InChI is InChI=1S/C23H17Cl2N5O3/c24-17-7-13(30-23(32)28-22(31)20(10-26)29-30)8-18(25)21(17)33-14-5-6-19-15(9-14)16(11-27-19)12-3-1-2-4-12/h5-9,11-12,27H,1-4H2,(H,28,31,32). The van der Waals surface area contributed by atoms with Gasteiger partial charge in [0.1, 0.15) is 11.8 Å². The van der Waals surface area contributed by atoms with Crippen LogP contribution in [0.1, 0.15) is 42.9 Å². The fraction of sp³-hybridized carbons (Fsp3) is 0.217. The predicted octanol–water partition coefficient (Wildman–Crippen LogP) is 5.03. The Morgan fingerprint density at radius 3 is 2.55 bits per heavy atom. The van der Waals surface area contributed by atoms with E-state index in [1.165, 1.54) is 43.4 Å². The van der Waals surface area contributed by atoms with Gasteiger partial charge in [-0.25, -0.2) is 4.79 Å². The SMILES string of the molecule is N#Cc1nn(-c2cc(Cl)c(Oc3ccc4[nH]cc(C5CCCC5)c4c3)c(Cl)c2)c(=O)[nH]c1=O. The molecule has 0 amide bonds. The molecule has 2 aromatic heterocycles. The summed E-state index contributed by atoms with van der Waals surface area (Å²) in [5.74, 6) is 1.34. The number of aromatic nitrogens is 4. The molecule has 10 heteroatoms. The monoisotopic (exact) mass is 481 g/mol. The molecule has 0 radical (unpaired) electrons. The van der Waals surface area contributed by atoms with Gasteiger partial charge >= 0.3 is 5.69 Å². The van der Waals surface area contributed by atoms with Crippen LogP contribution in [0, 0.1) is 11.3 Å². The van der Waals surface area contributed by atoms with Gasteiger partial charge in [-0.05, 0) is 54.7 Å². The summed E-state index contributed by atoms with van der Waals surface area (Å²) in [5.41, 5.74) is 0.357. The van der Waals surface area contributed by atoms with Crippen LogP contribution in [0.3, 0.4) is 0 Å². The molecule has 0 bridgehead atoms. The van der Waals surface area contributed by atoms with E-state index in [0.717, 1.165) is 15.6 Å². The van der Waals surface area contributed by atoms with E-state index >= 15 is 0 Å². The second kappa shape index (κ2) is 8.43. The first-order valence-electron chi connectivity index (χ1n) is 10.4. The van der Waals surface area contributed by atoms with E-state index in [1.54, 1.807) is 6.07 Å². The van der Waals surface area contributed by atoms with E-state index in [2.05, 4.69) is 16.3 Å². The Morgan fingerprint density at radius 1 is 1.12 bits per heavy atom. The number of nitrogens with zero attached hydrogens (tertiary/aromatic N) is 3. The smallest absolute Gasteiger partial charge is 0.349 e. The minimum atomic E-state index is -0.868. The molecular weight excluding hydrogens is 465 g/mol. The summed E-state index contributed by atoms with van der Waals surface area (Å²) in [6.07, 6.45) is 6.93. The number of aromatic amines is 2. The van der Waals surface area contributed by atoms with Crippen molar-refractivity contribution in [2.75, 3.05) is 0 Å². The summed E-state index contributed by atoms with van der Waals surface area (Å²) >= 11 is 12.9. The second-order valence-corrected chi connectivity index (χ2v) is 8.72. The molecule has 1 fully saturated rings. The second-order valence-electron chi connectivity index (χ2n) is 7.90. The van der Waals surface area contributed by atoms with E-state index in [-0.39, 0.29) is 21.5 Å². The van der Waals surface area contributed by atoms with Crippen molar-refractivity contribution in [3.63, 3.8) is 0 Å². The Labute approximate surface area is 197 Å². The third-order valence-corrected chi connectivity index (χ3v) is 6.42. The van der Waals surface area contributed by atoms with E-state index in [9.17, 15) is 9.59 Å². The van der Waals surface area contributed by atoms with Crippen molar-refractivity contribution in [2.24, 2.45) is 0 Å². The van der Waals surface area contributed by atoms with E-state index in [0.29, 0.717) is 11.7 Å². The number of ether oxygens (including phenoxy) is 1. The first kappa shape index (κ1) is 21.3. The summed E-state index contributed by atoms with van der Waals surface area (Å²) in [6, 6.07) is 10.2. The Morgan fingerprint density at radius 2 is 1.85 bits per heavy atom. The quantitative estimate of drug-likeness (QED) is 0.423. The first-order chi connectivity index (χ1) is 15.9. The van der Waals surface area contributed by atoms with E-state index in [4.69, 9.17) is 33.2 Å². The van der Waals surface area contributed by atoms with Crippen molar-refractivity contribution < 1.29 is 4.74 Å². The average molecular weight is 482 g/mol. The Kier molecular flexibility index (Phi) is 5.44. The summed E-state index contributed by atoms with van der Waals surface area (Å²) in [5, 5.41) is 14.2. The minimum Gasteiger partial charge on any atom is -0.454 e. The summed E-state index contributed by atoms with van der Waals surface area (Å²) in [6.45, 7) is 0. The maximum atomic E-state index is 12.2. The molecule has 166 valence electrons. The highest BCUT2D eigenvalue weighted by atomic mass is 35.5. The normalized spacial score (nSPS) is 14.0. The third kappa shape index (κ3) is 3.90. The number of fused-ring (bicyclic) bond motifs is 1.